The summed E-state index contributed by atoms with van der Waals surface area (Å²) in [7, 11) is 0. The average Bonchev–Trinajstić information content (AvgIpc) is 2.74. The Hall–Kier alpha value is -1.48. The van der Waals surface area contributed by atoms with Crippen molar-refractivity contribution >= 4 is 0 Å². The molecule has 0 spiro atoms. The third-order valence-corrected chi connectivity index (χ3v) is 3.06. The number of hydrogen-bond acceptors (Lipinski definition) is 0. The summed E-state index contributed by atoms with van der Waals surface area (Å²) in [5.41, 5.74) is 6.16. The topological polar surface area (TPSA) is 0 Å². The fourth-order valence-electron chi connectivity index (χ4n) is 2.49. The minimum atomic E-state index is 0.0897. The third-order valence-electron chi connectivity index (χ3n) is 3.06. The van der Waals surface area contributed by atoms with Crippen LogP contribution in [0.1, 0.15) is 20.8 Å². The molecule has 2 aliphatic rings. The van der Waals surface area contributed by atoms with E-state index < -0.39 is 0 Å². The van der Waals surface area contributed by atoms with Gasteiger partial charge in [-0.1, -0.05) is 24.1 Å². The van der Waals surface area contributed by atoms with Gasteiger partial charge in [-0.2, -0.15) is 0 Å². The maximum Gasteiger partial charge on any atom is 0.0374 e. The highest BCUT2D eigenvalue weighted by molar-refractivity contribution is 5.72. The first-order valence-electron chi connectivity index (χ1n) is 4.80. The minimum absolute atomic E-state index is 0.0897. The van der Waals surface area contributed by atoms with Crippen molar-refractivity contribution in [2.45, 2.75) is 20.8 Å². The zero-order valence-electron chi connectivity index (χ0n) is 8.94. The molecule has 2 rings (SSSR count). The second-order valence-corrected chi connectivity index (χ2v) is 4.30. The zero-order chi connectivity index (χ0) is 10.5. The quantitative estimate of drug-likeness (QED) is 0.545. The first-order valence-corrected chi connectivity index (χ1v) is 4.80. The molecule has 1 unspecified atom stereocenters. The first-order chi connectivity index (χ1) is 6.50. The van der Waals surface area contributed by atoms with Crippen molar-refractivity contribution in [3.05, 3.63) is 46.6 Å². The normalized spacial score (nSPS) is 28.7. The summed E-state index contributed by atoms with van der Waals surface area (Å²) in [5, 5.41) is 0. The van der Waals surface area contributed by atoms with Gasteiger partial charge in [0, 0.05) is 11.0 Å². The Morgan fingerprint density at radius 3 is 2.71 bits per heavy atom. The van der Waals surface area contributed by atoms with Gasteiger partial charge in [0.1, 0.15) is 0 Å². The predicted molar refractivity (Wildman–Crippen MR) is 60.6 cm³/mol. The van der Waals surface area contributed by atoms with Gasteiger partial charge in [0.05, 0.1) is 0 Å². The van der Waals surface area contributed by atoms with E-state index in [1.807, 2.05) is 0 Å². The maximum absolute atomic E-state index is 5.46. The second kappa shape index (κ2) is 2.51. The molecule has 0 nitrogen and oxygen atoms in total. The molecule has 0 radical (unpaired) electrons. The van der Waals surface area contributed by atoms with Crippen LogP contribution in [0.3, 0.4) is 0 Å². The zero-order valence-corrected chi connectivity index (χ0v) is 8.94. The number of hydrogen-bond donors (Lipinski definition) is 0. The van der Waals surface area contributed by atoms with Crippen LogP contribution in [0, 0.1) is 17.8 Å². The number of fused-ring (bicyclic) bond motifs is 1. The molecule has 0 fully saturated rings. The highest BCUT2D eigenvalue weighted by atomic mass is 14.5. The van der Waals surface area contributed by atoms with Crippen molar-refractivity contribution < 1.29 is 0 Å². The maximum atomic E-state index is 5.46. The number of rotatable bonds is 1. The van der Waals surface area contributed by atoms with E-state index in [1.54, 1.807) is 0 Å². The van der Waals surface area contributed by atoms with Crippen LogP contribution in [0.5, 0.6) is 0 Å². The largest absolute Gasteiger partial charge is 0.115 e. The molecule has 0 aromatic rings. The Morgan fingerprint density at radius 2 is 2.21 bits per heavy atom. The Bertz CT molecular complexity index is 461. The lowest BCUT2D eigenvalue weighted by Crippen LogP contribution is -2.11. The molecule has 0 aromatic heterocycles. The van der Waals surface area contributed by atoms with Crippen LogP contribution in [-0.4, -0.2) is 0 Å². The standard InChI is InChI=1S/C14H14/c1-6-11-7-10(4)13(9(2)3)14(5)8-12(11)14/h1,7-8H,2H2,3-5H3. The Morgan fingerprint density at radius 1 is 1.57 bits per heavy atom. The third kappa shape index (κ3) is 0.960. The number of terminal acetylenes is 1. The van der Waals surface area contributed by atoms with Gasteiger partial charge in [-0.25, -0.2) is 0 Å². The smallest absolute Gasteiger partial charge is 0.0374 e. The molecule has 0 bridgehead atoms. The molecular weight excluding hydrogens is 168 g/mol. The molecule has 14 heavy (non-hydrogen) atoms. The van der Waals surface area contributed by atoms with Crippen molar-refractivity contribution in [3.63, 3.8) is 0 Å². The lowest BCUT2D eigenvalue weighted by Gasteiger charge is -2.24. The molecule has 0 aromatic carbocycles. The van der Waals surface area contributed by atoms with Crippen molar-refractivity contribution in [2.24, 2.45) is 5.41 Å². The molecule has 2 aliphatic carbocycles. The molecule has 1 atom stereocenters. The van der Waals surface area contributed by atoms with Gasteiger partial charge in [0.25, 0.3) is 0 Å². The van der Waals surface area contributed by atoms with Crippen molar-refractivity contribution in [1.82, 2.24) is 0 Å². The van der Waals surface area contributed by atoms with E-state index in [4.69, 9.17) is 6.42 Å². The minimum Gasteiger partial charge on any atom is -0.115 e. The summed E-state index contributed by atoms with van der Waals surface area (Å²) >= 11 is 0. The second-order valence-electron chi connectivity index (χ2n) is 4.30. The fourth-order valence-corrected chi connectivity index (χ4v) is 2.49. The van der Waals surface area contributed by atoms with E-state index in [-0.39, 0.29) is 5.41 Å². The van der Waals surface area contributed by atoms with Crippen molar-refractivity contribution in [1.29, 1.82) is 0 Å². The van der Waals surface area contributed by atoms with Crippen LogP contribution >= 0.6 is 0 Å². The molecule has 0 aliphatic heterocycles. The van der Waals surface area contributed by atoms with Gasteiger partial charge >= 0.3 is 0 Å². The van der Waals surface area contributed by atoms with Gasteiger partial charge in [0.15, 0.2) is 0 Å². The van der Waals surface area contributed by atoms with Crippen LogP contribution < -0.4 is 0 Å². The van der Waals surface area contributed by atoms with Gasteiger partial charge in [-0.15, -0.1) is 6.42 Å². The fraction of sp³-hybridized carbons (Fsp3) is 0.286. The van der Waals surface area contributed by atoms with Gasteiger partial charge in [-0.3, -0.25) is 0 Å². The van der Waals surface area contributed by atoms with Crippen LogP contribution in [0.4, 0.5) is 0 Å². The predicted octanol–water partition coefficient (Wildman–Crippen LogP) is 3.40. The summed E-state index contributed by atoms with van der Waals surface area (Å²) in [6, 6.07) is 0. The van der Waals surface area contributed by atoms with E-state index in [9.17, 15) is 0 Å². The molecule has 70 valence electrons. The van der Waals surface area contributed by atoms with Gasteiger partial charge < -0.3 is 0 Å². The Labute approximate surface area is 85.7 Å². The lowest BCUT2D eigenvalue weighted by atomic mass is 9.79. The SMILES string of the molecule is C#CC1=CC(C)=C(C(=C)C)C2(C)C=C12. The lowest BCUT2D eigenvalue weighted by molar-refractivity contribution is 0.737. The van der Waals surface area contributed by atoms with E-state index in [0.717, 1.165) is 11.1 Å². The Balaban J connectivity index is 2.58. The molecule has 0 heterocycles. The number of allylic oxidation sites excluding steroid dienone is 7. The van der Waals surface area contributed by atoms with E-state index >= 15 is 0 Å². The van der Waals surface area contributed by atoms with Crippen LogP contribution in [-0.2, 0) is 0 Å². The van der Waals surface area contributed by atoms with Crippen LogP contribution in [0.25, 0.3) is 0 Å². The van der Waals surface area contributed by atoms with Crippen molar-refractivity contribution in [2.75, 3.05) is 0 Å². The van der Waals surface area contributed by atoms with E-state index in [1.165, 1.54) is 16.7 Å². The van der Waals surface area contributed by atoms with Crippen LogP contribution in [0.15, 0.2) is 46.6 Å². The Kier molecular flexibility index (Phi) is 1.63. The molecule has 0 saturated carbocycles. The molecule has 0 heteroatoms. The van der Waals surface area contributed by atoms with Crippen LogP contribution in [0.2, 0.25) is 0 Å². The molecule has 0 saturated heterocycles. The average molecular weight is 182 g/mol. The summed E-state index contributed by atoms with van der Waals surface area (Å²) in [6.45, 7) is 10.4. The molecule has 0 amide bonds. The monoisotopic (exact) mass is 182 g/mol. The first kappa shape index (κ1) is 9.09. The van der Waals surface area contributed by atoms with Gasteiger partial charge in [-0.05, 0) is 43.6 Å². The summed E-state index contributed by atoms with van der Waals surface area (Å²) < 4.78 is 0. The van der Waals surface area contributed by atoms with E-state index in [2.05, 4.69) is 45.4 Å². The highest BCUT2D eigenvalue weighted by Crippen LogP contribution is 2.58. The van der Waals surface area contributed by atoms with Crippen molar-refractivity contribution in [3.8, 4) is 12.3 Å². The highest BCUT2D eigenvalue weighted by Gasteiger charge is 2.46. The summed E-state index contributed by atoms with van der Waals surface area (Å²) in [4.78, 5) is 0. The molecular formula is C14H14. The van der Waals surface area contributed by atoms with Gasteiger partial charge in [0.2, 0.25) is 0 Å². The van der Waals surface area contributed by atoms with E-state index in [0.29, 0.717) is 0 Å². The molecule has 0 N–H and O–H groups in total. The summed E-state index contributed by atoms with van der Waals surface area (Å²) in [5.74, 6) is 2.74. The summed E-state index contributed by atoms with van der Waals surface area (Å²) in [6.07, 6.45) is 9.78.